The summed E-state index contributed by atoms with van der Waals surface area (Å²) in [5.74, 6) is 1.35. The first-order valence-corrected chi connectivity index (χ1v) is 9.95. The van der Waals surface area contributed by atoms with Gasteiger partial charge >= 0.3 is 0 Å². The van der Waals surface area contributed by atoms with Gasteiger partial charge in [0.15, 0.2) is 17.3 Å². The normalized spacial score (nSPS) is 13.8. The molecule has 0 radical (unpaired) electrons. The Kier molecular flexibility index (Phi) is 5.97. The van der Waals surface area contributed by atoms with Gasteiger partial charge in [-0.05, 0) is 48.5 Å². The Balaban J connectivity index is 1.42. The van der Waals surface area contributed by atoms with Gasteiger partial charge in [-0.3, -0.25) is 4.79 Å². The fourth-order valence-electron chi connectivity index (χ4n) is 3.63. The number of rotatable bonds is 5. The lowest BCUT2D eigenvalue weighted by Crippen LogP contribution is -2.49. The van der Waals surface area contributed by atoms with Gasteiger partial charge in [0.25, 0.3) is 5.91 Å². The van der Waals surface area contributed by atoms with Gasteiger partial charge in [-0.1, -0.05) is 6.07 Å². The lowest BCUT2D eigenvalue weighted by molar-refractivity contribution is 0.0742. The van der Waals surface area contributed by atoms with E-state index in [1.54, 1.807) is 42.3 Å². The molecule has 3 aromatic rings. The molecule has 160 valence electrons. The molecule has 0 bridgehead atoms. The molecule has 0 atom stereocenters. The number of hydrogen-bond donors (Lipinski definition) is 0. The zero-order chi connectivity index (χ0) is 21.8. The van der Waals surface area contributed by atoms with Crippen LogP contribution in [0.4, 0.5) is 10.2 Å². The predicted octanol–water partition coefficient (Wildman–Crippen LogP) is 3.26. The van der Waals surface area contributed by atoms with Crippen LogP contribution >= 0.6 is 0 Å². The minimum absolute atomic E-state index is 0.0897. The molecule has 0 spiro atoms. The zero-order valence-electron chi connectivity index (χ0n) is 17.4. The molecular weight excluding hydrogens is 399 g/mol. The Morgan fingerprint density at radius 1 is 0.903 bits per heavy atom. The summed E-state index contributed by atoms with van der Waals surface area (Å²) < 4.78 is 23.8. The Morgan fingerprint density at radius 3 is 2.26 bits per heavy atom. The van der Waals surface area contributed by atoms with Crippen LogP contribution in [0.15, 0.2) is 54.6 Å². The smallest absolute Gasteiger partial charge is 0.257 e. The Labute approximate surface area is 180 Å². The van der Waals surface area contributed by atoms with Gasteiger partial charge in [0.2, 0.25) is 0 Å². The van der Waals surface area contributed by atoms with Crippen LogP contribution in [0.2, 0.25) is 0 Å². The number of benzene rings is 2. The van der Waals surface area contributed by atoms with E-state index in [1.165, 1.54) is 19.2 Å². The minimum Gasteiger partial charge on any atom is -0.493 e. The van der Waals surface area contributed by atoms with E-state index in [0.717, 1.165) is 11.4 Å². The van der Waals surface area contributed by atoms with Crippen molar-refractivity contribution in [2.45, 2.75) is 0 Å². The quantitative estimate of drug-likeness (QED) is 0.629. The first-order valence-electron chi connectivity index (χ1n) is 9.95. The second-order valence-electron chi connectivity index (χ2n) is 7.10. The van der Waals surface area contributed by atoms with E-state index in [0.29, 0.717) is 48.9 Å². The molecule has 0 N–H and O–H groups in total. The summed E-state index contributed by atoms with van der Waals surface area (Å²) in [7, 11) is 3.08. The standard InChI is InChI=1S/C23H23FN4O3/c1-30-20-5-3-4-18(22(20)31-2)23(29)28-14-12-27(13-15-28)21-11-10-19(25-26-21)16-6-8-17(24)9-7-16/h3-11H,12-15H2,1-2H3. The third kappa shape index (κ3) is 4.28. The second kappa shape index (κ2) is 8.99. The molecule has 1 fully saturated rings. The van der Waals surface area contributed by atoms with Crippen LogP contribution in [0, 0.1) is 5.82 Å². The van der Waals surface area contributed by atoms with E-state index in [-0.39, 0.29) is 11.7 Å². The van der Waals surface area contributed by atoms with Crippen LogP contribution in [-0.2, 0) is 0 Å². The summed E-state index contributed by atoms with van der Waals surface area (Å²) in [5, 5.41) is 8.59. The molecule has 1 amide bonds. The van der Waals surface area contributed by atoms with Gasteiger partial charge in [0.1, 0.15) is 5.82 Å². The maximum atomic E-state index is 13.1. The Hall–Kier alpha value is -3.68. The average Bonchev–Trinajstić information content (AvgIpc) is 2.83. The minimum atomic E-state index is -0.285. The Morgan fingerprint density at radius 2 is 1.65 bits per heavy atom. The first kappa shape index (κ1) is 20.6. The zero-order valence-corrected chi connectivity index (χ0v) is 17.4. The summed E-state index contributed by atoms with van der Waals surface area (Å²) in [4.78, 5) is 16.9. The lowest BCUT2D eigenvalue weighted by Gasteiger charge is -2.35. The van der Waals surface area contributed by atoms with Crippen molar-refractivity contribution in [3.8, 4) is 22.8 Å². The summed E-state index contributed by atoms with van der Waals surface area (Å²) in [6.45, 7) is 2.40. The maximum absolute atomic E-state index is 13.1. The third-order valence-electron chi connectivity index (χ3n) is 5.31. The van der Waals surface area contributed by atoms with Gasteiger partial charge in [-0.25, -0.2) is 4.39 Å². The first-order chi connectivity index (χ1) is 15.1. The number of anilines is 1. The molecule has 0 saturated carbocycles. The number of halogens is 1. The van der Waals surface area contributed by atoms with Crippen LogP contribution in [0.5, 0.6) is 11.5 Å². The highest BCUT2D eigenvalue weighted by molar-refractivity contribution is 5.98. The topological polar surface area (TPSA) is 67.8 Å². The summed E-state index contributed by atoms with van der Waals surface area (Å²) in [6, 6.07) is 15.2. The number of aromatic nitrogens is 2. The van der Waals surface area contributed by atoms with Crippen molar-refractivity contribution in [2.24, 2.45) is 0 Å². The van der Waals surface area contributed by atoms with Crippen LogP contribution in [0.3, 0.4) is 0 Å². The number of para-hydroxylation sites is 1. The molecule has 7 nitrogen and oxygen atoms in total. The molecule has 8 heteroatoms. The van der Waals surface area contributed by atoms with Crippen molar-refractivity contribution in [3.63, 3.8) is 0 Å². The molecule has 31 heavy (non-hydrogen) atoms. The highest BCUT2D eigenvalue weighted by Gasteiger charge is 2.26. The monoisotopic (exact) mass is 422 g/mol. The van der Waals surface area contributed by atoms with E-state index in [2.05, 4.69) is 15.1 Å². The summed E-state index contributed by atoms with van der Waals surface area (Å²) in [5.41, 5.74) is 1.98. The van der Waals surface area contributed by atoms with Gasteiger partial charge in [-0.15, -0.1) is 10.2 Å². The molecule has 0 aliphatic carbocycles. The highest BCUT2D eigenvalue weighted by Crippen LogP contribution is 2.31. The largest absolute Gasteiger partial charge is 0.493 e. The van der Waals surface area contributed by atoms with E-state index in [1.807, 2.05) is 12.1 Å². The van der Waals surface area contributed by atoms with Crippen molar-refractivity contribution in [3.05, 3.63) is 66.0 Å². The van der Waals surface area contributed by atoms with E-state index in [4.69, 9.17) is 9.47 Å². The number of carbonyl (C=O) groups excluding carboxylic acids is 1. The molecule has 2 aromatic carbocycles. The molecule has 1 aliphatic rings. The SMILES string of the molecule is COc1cccc(C(=O)N2CCN(c3ccc(-c4ccc(F)cc4)nn3)CC2)c1OC. The third-order valence-corrected chi connectivity index (χ3v) is 5.31. The van der Waals surface area contributed by atoms with Crippen molar-refractivity contribution < 1.29 is 18.7 Å². The second-order valence-corrected chi connectivity index (χ2v) is 7.10. The maximum Gasteiger partial charge on any atom is 0.257 e. The number of carbonyl (C=O) groups is 1. The molecule has 4 rings (SSSR count). The molecule has 0 unspecified atom stereocenters. The van der Waals surface area contributed by atoms with Crippen LogP contribution in [-0.4, -0.2) is 61.4 Å². The van der Waals surface area contributed by atoms with Gasteiger partial charge in [0, 0.05) is 31.7 Å². The van der Waals surface area contributed by atoms with E-state index >= 15 is 0 Å². The molecule has 1 aliphatic heterocycles. The number of hydrogen-bond acceptors (Lipinski definition) is 6. The lowest BCUT2D eigenvalue weighted by atomic mass is 10.1. The molecule has 1 saturated heterocycles. The van der Waals surface area contributed by atoms with E-state index < -0.39 is 0 Å². The average molecular weight is 422 g/mol. The van der Waals surface area contributed by atoms with Gasteiger partial charge in [-0.2, -0.15) is 0 Å². The van der Waals surface area contributed by atoms with Crippen LogP contribution in [0.25, 0.3) is 11.3 Å². The number of piperazine rings is 1. The number of amides is 1. The van der Waals surface area contributed by atoms with Crippen molar-refractivity contribution >= 4 is 11.7 Å². The summed E-state index contributed by atoms with van der Waals surface area (Å²) in [6.07, 6.45) is 0. The Bertz CT molecular complexity index is 1050. The fourth-order valence-corrected chi connectivity index (χ4v) is 3.63. The van der Waals surface area contributed by atoms with Crippen molar-refractivity contribution in [1.29, 1.82) is 0 Å². The highest BCUT2D eigenvalue weighted by atomic mass is 19.1. The van der Waals surface area contributed by atoms with Crippen LogP contribution < -0.4 is 14.4 Å². The molecule has 2 heterocycles. The van der Waals surface area contributed by atoms with E-state index in [9.17, 15) is 9.18 Å². The van der Waals surface area contributed by atoms with Gasteiger partial charge in [0.05, 0.1) is 25.5 Å². The van der Waals surface area contributed by atoms with Crippen molar-refractivity contribution in [2.75, 3.05) is 45.3 Å². The fraction of sp³-hybridized carbons (Fsp3) is 0.261. The number of ether oxygens (including phenoxy) is 2. The summed E-state index contributed by atoms with van der Waals surface area (Å²) >= 11 is 0. The number of methoxy groups -OCH3 is 2. The van der Waals surface area contributed by atoms with Crippen molar-refractivity contribution in [1.82, 2.24) is 15.1 Å². The number of nitrogens with zero attached hydrogens (tertiary/aromatic N) is 4. The molecule has 1 aromatic heterocycles. The molecular formula is C23H23FN4O3. The predicted molar refractivity (Wildman–Crippen MR) is 115 cm³/mol. The van der Waals surface area contributed by atoms with Crippen LogP contribution in [0.1, 0.15) is 10.4 Å². The van der Waals surface area contributed by atoms with Gasteiger partial charge < -0.3 is 19.3 Å².